The van der Waals surface area contributed by atoms with Crippen LogP contribution in [0.5, 0.6) is 5.88 Å². The third-order valence-corrected chi connectivity index (χ3v) is 8.17. The van der Waals surface area contributed by atoms with Crippen LogP contribution in [0.15, 0.2) is 30.3 Å². The van der Waals surface area contributed by atoms with Crippen LogP contribution < -0.4 is 4.74 Å². The maximum atomic E-state index is 13.2. The van der Waals surface area contributed by atoms with Crippen molar-refractivity contribution in [3.63, 3.8) is 0 Å². The van der Waals surface area contributed by atoms with Crippen molar-refractivity contribution in [3.05, 3.63) is 47.3 Å². The highest BCUT2D eigenvalue weighted by atomic mass is 16.6. The van der Waals surface area contributed by atoms with Gasteiger partial charge in [0.1, 0.15) is 22.6 Å². The highest BCUT2D eigenvalue weighted by molar-refractivity contribution is 5.91. The van der Waals surface area contributed by atoms with Gasteiger partial charge in [0.15, 0.2) is 5.88 Å². The average molecular weight is 574 g/mol. The van der Waals surface area contributed by atoms with E-state index >= 15 is 0 Å². The summed E-state index contributed by atoms with van der Waals surface area (Å²) >= 11 is 0. The predicted octanol–water partition coefficient (Wildman–Crippen LogP) is 6.33. The second-order valence-corrected chi connectivity index (χ2v) is 12.4. The zero-order chi connectivity index (χ0) is 29.8. The Morgan fingerprint density at radius 2 is 1.81 bits per heavy atom. The van der Waals surface area contributed by atoms with Crippen molar-refractivity contribution >= 4 is 28.7 Å². The summed E-state index contributed by atoms with van der Waals surface area (Å²) < 4.78 is 20.6. The number of fused-ring (bicyclic) bond motifs is 2. The molecule has 0 aromatic carbocycles. The molecule has 42 heavy (non-hydrogen) atoms. The van der Waals surface area contributed by atoms with Crippen LogP contribution in [0.3, 0.4) is 0 Å². The molecule has 1 amide bonds. The molecule has 2 aliphatic rings. The van der Waals surface area contributed by atoms with Gasteiger partial charge in [0.2, 0.25) is 0 Å². The first-order valence-electron chi connectivity index (χ1n) is 14.7. The fourth-order valence-electron chi connectivity index (χ4n) is 5.95. The van der Waals surface area contributed by atoms with Crippen LogP contribution in [0.2, 0.25) is 0 Å². The van der Waals surface area contributed by atoms with Crippen molar-refractivity contribution in [2.45, 2.75) is 78.0 Å². The summed E-state index contributed by atoms with van der Waals surface area (Å²) in [5, 5.41) is 1.02. The molecule has 1 unspecified atom stereocenters. The number of esters is 1. The standard InChI is InChI=1S/C32H39N5O5/c1-19-28(34-26-16-22(30(38)41-6)17-27(40-5)37(19)26)25-15-21-12-13-23(33-29(21)36(25)18-20-10-11-20)24-9-7-8-14-35(24)31(39)42-32(2,3)4/h12-13,15-17,20,24H,7-11,14,18H2,1-6H3. The minimum absolute atomic E-state index is 0.136. The molecule has 10 heteroatoms. The van der Waals surface area contributed by atoms with Gasteiger partial charge in [0.25, 0.3) is 0 Å². The molecule has 1 aliphatic heterocycles. The number of imidazole rings is 1. The van der Waals surface area contributed by atoms with Gasteiger partial charge in [0, 0.05) is 24.5 Å². The molecule has 1 atom stereocenters. The first kappa shape index (κ1) is 28.1. The van der Waals surface area contributed by atoms with Crippen LogP contribution >= 0.6 is 0 Å². The Kier molecular flexibility index (Phi) is 7.11. The maximum absolute atomic E-state index is 13.2. The van der Waals surface area contributed by atoms with E-state index in [1.54, 1.807) is 19.2 Å². The molecule has 0 spiro atoms. The van der Waals surface area contributed by atoms with Crippen LogP contribution in [0.4, 0.5) is 4.79 Å². The van der Waals surface area contributed by atoms with Crippen LogP contribution in [0.1, 0.15) is 80.7 Å². The van der Waals surface area contributed by atoms with Gasteiger partial charge in [-0.3, -0.25) is 9.30 Å². The SMILES string of the molecule is COC(=O)c1cc(OC)n2c(C)c(-c3cc4ccc(C5CCCCN5C(=O)OC(C)(C)C)nc4n3CC3CC3)nc2c1. The molecule has 0 bridgehead atoms. The van der Waals surface area contributed by atoms with Crippen molar-refractivity contribution in [1.29, 1.82) is 0 Å². The molecule has 0 N–H and O–H groups in total. The number of piperidine rings is 1. The predicted molar refractivity (Wildman–Crippen MR) is 159 cm³/mol. The molecule has 0 radical (unpaired) electrons. The van der Waals surface area contributed by atoms with E-state index in [0.717, 1.165) is 59.6 Å². The van der Waals surface area contributed by atoms with Crippen molar-refractivity contribution < 1.29 is 23.8 Å². The number of carbonyl (C=O) groups excluding carboxylic acids is 2. The van der Waals surface area contributed by atoms with Crippen molar-refractivity contribution in [2.75, 3.05) is 20.8 Å². The molecule has 222 valence electrons. The molecule has 4 aromatic rings. The van der Waals surface area contributed by atoms with Crippen LogP contribution in [-0.2, 0) is 16.0 Å². The number of hydrogen-bond donors (Lipinski definition) is 0. The van der Waals surface area contributed by atoms with E-state index in [1.165, 1.54) is 20.0 Å². The molecule has 5 heterocycles. The van der Waals surface area contributed by atoms with E-state index in [9.17, 15) is 9.59 Å². The van der Waals surface area contributed by atoms with E-state index in [4.69, 9.17) is 24.2 Å². The number of ether oxygens (including phenoxy) is 3. The first-order valence-corrected chi connectivity index (χ1v) is 14.7. The molecule has 6 rings (SSSR count). The third-order valence-electron chi connectivity index (χ3n) is 8.17. The minimum Gasteiger partial charge on any atom is -0.482 e. The Morgan fingerprint density at radius 3 is 2.50 bits per heavy atom. The zero-order valence-electron chi connectivity index (χ0n) is 25.3. The molecule has 1 aliphatic carbocycles. The highest BCUT2D eigenvalue weighted by Gasteiger charge is 2.33. The summed E-state index contributed by atoms with van der Waals surface area (Å²) in [6, 6.07) is 9.55. The lowest BCUT2D eigenvalue weighted by Crippen LogP contribution is -2.42. The fraction of sp³-hybridized carbons (Fsp3) is 0.500. The normalized spacial score (nSPS) is 17.6. The molecule has 10 nitrogen and oxygen atoms in total. The number of carbonyl (C=O) groups is 2. The van der Waals surface area contributed by atoms with Crippen molar-refractivity contribution in [2.24, 2.45) is 5.92 Å². The maximum Gasteiger partial charge on any atom is 0.410 e. The van der Waals surface area contributed by atoms with E-state index < -0.39 is 11.6 Å². The Hall–Kier alpha value is -4.08. The molecule has 2 fully saturated rings. The second kappa shape index (κ2) is 10.6. The number of hydrogen-bond acceptors (Lipinski definition) is 7. The van der Waals surface area contributed by atoms with Gasteiger partial charge in [-0.15, -0.1) is 0 Å². The topological polar surface area (TPSA) is 100 Å². The Bertz CT molecular complexity index is 1680. The number of methoxy groups -OCH3 is 2. The first-order chi connectivity index (χ1) is 20.1. The number of amides is 1. The number of aromatic nitrogens is 4. The lowest BCUT2D eigenvalue weighted by atomic mass is 9.99. The smallest absolute Gasteiger partial charge is 0.410 e. The van der Waals surface area contributed by atoms with Crippen LogP contribution in [0.25, 0.3) is 28.1 Å². The van der Waals surface area contributed by atoms with Gasteiger partial charge < -0.3 is 18.8 Å². The molecular weight excluding hydrogens is 534 g/mol. The lowest BCUT2D eigenvalue weighted by Gasteiger charge is -2.36. The Balaban J connectivity index is 1.46. The summed E-state index contributed by atoms with van der Waals surface area (Å²) in [4.78, 5) is 37.5. The van der Waals surface area contributed by atoms with Crippen LogP contribution in [0, 0.1) is 12.8 Å². The van der Waals surface area contributed by atoms with Gasteiger partial charge in [-0.05, 0) is 90.0 Å². The summed E-state index contributed by atoms with van der Waals surface area (Å²) in [6.07, 6.45) is 4.93. The van der Waals surface area contributed by atoms with Gasteiger partial charge >= 0.3 is 12.1 Å². The summed E-state index contributed by atoms with van der Waals surface area (Å²) in [5.74, 6) is 0.658. The number of pyridine rings is 2. The Morgan fingerprint density at radius 1 is 1.02 bits per heavy atom. The summed E-state index contributed by atoms with van der Waals surface area (Å²) in [6.45, 7) is 9.19. The molecular formula is C32H39N5O5. The average Bonchev–Trinajstić information content (AvgIpc) is 3.64. The lowest BCUT2D eigenvalue weighted by molar-refractivity contribution is 0.00901. The van der Waals surface area contributed by atoms with Gasteiger partial charge in [-0.1, -0.05) is 0 Å². The van der Waals surface area contributed by atoms with E-state index in [2.05, 4.69) is 16.7 Å². The van der Waals surface area contributed by atoms with Gasteiger partial charge in [0.05, 0.1) is 42.9 Å². The number of likely N-dealkylation sites (tertiary alicyclic amines) is 1. The number of rotatable bonds is 6. The van der Waals surface area contributed by atoms with E-state index in [1.807, 2.05) is 43.1 Å². The van der Waals surface area contributed by atoms with Gasteiger partial charge in [-0.2, -0.15) is 0 Å². The monoisotopic (exact) mass is 573 g/mol. The van der Waals surface area contributed by atoms with Crippen molar-refractivity contribution in [3.8, 4) is 17.3 Å². The summed E-state index contributed by atoms with van der Waals surface area (Å²) in [7, 11) is 2.94. The molecule has 1 saturated carbocycles. The summed E-state index contributed by atoms with van der Waals surface area (Å²) in [5.41, 5.74) is 4.88. The minimum atomic E-state index is -0.559. The zero-order valence-corrected chi connectivity index (χ0v) is 25.3. The molecule has 4 aromatic heterocycles. The molecule has 1 saturated heterocycles. The van der Waals surface area contributed by atoms with E-state index in [0.29, 0.717) is 29.6 Å². The van der Waals surface area contributed by atoms with E-state index in [-0.39, 0.29) is 12.1 Å². The highest BCUT2D eigenvalue weighted by Crippen LogP contribution is 2.38. The number of nitrogens with zero attached hydrogens (tertiary/aromatic N) is 5. The van der Waals surface area contributed by atoms with Crippen LogP contribution in [-0.4, -0.2) is 62.3 Å². The quantitative estimate of drug-likeness (QED) is 0.249. The second-order valence-electron chi connectivity index (χ2n) is 12.4. The largest absolute Gasteiger partial charge is 0.482 e. The van der Waals surface area contributed by atoms with Crippen molar-refractivity contribution in [1.82, 2.24) is 23.8 Å². The number of aryl methyl sites for hydroxylation is 1. The Labute approximate surface area is 245 Å². The van der Waals surface area contributed by atoms with Gasteiger partial charge in [-0.25, -0.2) is 19.6 Å². The fourth-order valence-corrected chi connectivity index (χ4v) is 5.95. The third kappa shape index (κ3) is 5.18.